The van der Waals surface area contributed by atoms with Gasteiger partial charge in [0.25, 0.3) is 5.91 Å². The van der Waals surface area contributed by atoms with E-state index in [1.807, 2.05) is 6.92 Å². The van der Waals surface area contributed by atoms with Crippen molar-refractivity contribution in [3.8, 4) is 0 Å². The maximum absolute atomic E-state index is 13.7. The Morgan fingerprint density at radius 1 is 1.06 bits per heavy atom. The summed E-state index contributed by atoms with van der Waals surface area (Å²) in [6.45, 7) is 1.90. The molecule has 31 heavy (non-hydrogen) atoms. The SMILES string of the molecule is CCCN(CC(=O)Nc1cc(Cl)ccc1Cl)C(=O)CCNC(=O)c1ccc(F)cc1F. The molecule has 0 radical (unpaired) electrons. The van der Waals surface area contributed by atoms with Crippen molar-refractivity contribution in [1.29, 1.82) is 0 Å². The Bertz CT molecular complexity index is 973. The Morgan fingerprint density at radius 2 is 1.81 bits per heavy atom. The molecule has 0 aromatic heterocycles. The zero-order chi connectivity index (χ0) is 23.0. The van der Waals surface area contributed by atoms with Gasteiger partial charge in [-0.25, -0.2) is 8.78 Å². The van der Waals surface area contributed by atoms with Gasteiger partial charge in [0.1, 0.15) is 11.6 Å². The van der Waals surface area contributed by atoms with Crippen LogP contribution in [0, 0.1) is 11.6 Å². The lowest BCUT2D eigenvalue weighted by Gasteiger charge is -2.22. The molecule has 6 nitrogen and oxygen atoms in total. The number of hydrogen-bond donors (Lipinski definition) is 2. The van der Waals surface area contributed by atoms with E-state index in [4.69, 9.17) is 23.2 Å². The van der Waals surface area contributed by atoms with Gasteiger partial charge in [-0.1, -0.05) is 30.1 Å². The van der Waals surface area contributed by atoms with Crippen LogP contribution in [0.25, 0.3) is 0 Å². The summed E-state index contributed by atoms with van der Waals surface area (Å²) in [6.07, 6.45) is 0.518. The van der Waals surface area contributed by atoms with E-state index >= 15 is 0 Å². The highest BCUT2D eigenvalue weighted by atomic mass is 35.5. The van der Waals surface area contributed by atoms with Crippen LogP contribution in [0.5, 0.6) is 0 Å². The van der Waals surface area contributed by atoms with Crippen molar-refractivity contribution in [2.45, 2.75) is 19.8 Å². The molecule has 0 saturated carbocycles. The lowest BCUT2D eigenvalue weighted by atomic mass is 10.2. The van der Waals surface area contributed by atoms with Crippen molar-refractivity contribution >= 4 is 46.6 Å². The smallest absolute Gasteiger partial charge is 0.254 e. The van der Waals surface area contributed by atoms with Crippen LogP contribution in [-0.4, -0.2) is 42.3 Å². The minimum absolute atomic E-state index is 0.0730. The molecule has 0 heterocycles. The van der Waals surface area contributed by atoms with Crippen LogP contribution in [0.1, 0.15) is 30.1 Å². The Hall–Kier alpha value is -2.71. The second-order valence-electron chi connectivity index (χ2n) is 6.62. The number of benzene rings is 2. The third kappa shape index (κ3) is 7.48. The maximum atomic E-state index is 13.7. The number of anilines is 1. The molecule has 0 atom stereocenters. The standard InChI is InChI=1S/C21H21Cl2F2N3O3/c1-2-9-28(12-19(29)27-18-10-13(22)3-6-16(18)23)20(30)7-8-26-21(31)15-5-4-14(24)11-17(15)25/h3-6,10-11H,2,7-9,12H2,1H3,(H,26,31)(H,27,29). The molecular formula is C21H21Cl2F2N3O3. The van der Waals surface area contributed by atoms with Crippen LogP contribution >= 0.6 is 23.2 Å². The molecule has 0 spiro atoms. The van der Waals surface area contributed by atoms with Gasteiger partial charge >= 0.3 is 0 Å². The van der Waals surface area contributed by atoms with Crippen molar-refractivity contribution in [3.63, 3.8) is 0 Å². The third-order valence-electron chi connectivity index (χ3n) is 4.18. The van der Waals surface area contributed by atoms with Gasteiger partial charge in [0, 0.05) is 30.6 Å². The van der Waals surface area contributed by atoms with Crippen LogP contribution in [0.3, 0.4) is 0 Å². The van der Waals surface area contributed by atoms with Crippen LogP contribution < -0.4 is 10.6 Å². The molecule has 166 valence electrons. The Kier molecular flexibility index (Phi) is 9.21. The zero-order valence-corrected chi connectivity index (χ0v) is 18.2. The van der Waals surface area contributed by atoms with Gasteiger partial charge < -0.3 is 15.5 Å². The van der Waals surface area contributed by atoms with Gasteiger partial charge in [-0.15, -0.1) is 0 Å². The molecule has 0 aliphatic carbocycles. The second-order valence-corrected chi connectivity index (χ2v) is 7.46. The fourth-order valence-corrected chi connectivity index (χ4v) is 3.07. The largest absolute Gasteiger partial charge is 0.351 e. The van der Waals surface area contributed by atoms with E-state index < -0.39 is 23.4 Å². The average Bonchev–Trinajstić information content (AvgIpc) is 2.70. The number of nitrogens with zero attached hydrogens (tertiary/aromatic N) is 1. The fourth-order valence-electron chi connectivity index (χ4n) is 2.73. The number of halogens is 4. The summed E-state index contributed by atoms with van der Waals surface area (Å²) in [7, 11) is 0. The number of rotatable bonds is 9. The molecule has 2 aromatic carbocycles. The van der Waals surface area contributed by atoms with Crippen molar-refractivity contribution in [3.05, 3.63) is 63.6 Å². The highest BCUT2D eigenvalue weighted by molar-refractivity contribution is 6.35. The summed E-state index contributed by atoms with van der Waals surface area (Å²) in [6, 6.07) is 7.22. The van der Waals surface area contributed by atoms with E-state index in [0.717, 1.165) is 12.1 Å². The van der Waals surface area contributed by atoms with Gasteiger partial charge in [0.15, 0.2) is 0 Å². The van der Waals surface area contributed by atoms with Crippen LogP contribution in [0.4, 0.5) is 14.5 Å². The number of carbonyl (C=O) groups is 3. The van der Waals surface area contributed by atoms with E-state index in [1.165, 1.54) is 11.0 Å². The highest BCUT2D eigenvalue weighted by Crippen LogP contribution is 2.25. The van der Waals surface area contributed by atoms with Crippen LogP contribution in [0.15, 0.2) is 36.4 Å². The molecule has 2 rings (SSSR count). The predicted molar refractivity (Wildman–Crippen MR) is 115 cm³/mol. The van der Waals surface area contributed by atoms with Crippen molar-refractivity contribution in [1.82, 2.24) is 10.2 Å². The Morgan fingerprint density at radius 3 is 2.48 bits per heavy atom. The minimum atomic E-state index is -0.993. The highest BCUT2D eigenvalue weighted by Gasteiger charge is 2.18. The van der Waals surface area contributed by atoms with Gasteiger partial charge in [0.05, 0.1) is 22.8 Å². The van der Waals surface area contributed by atoms with E-state index in [9.17, 15) is 23.2 Å². The molecule has 0 unspecified atom stereocenters. The topological polar surface area (TPSA) is 78.5 Å². The molecule has 2 aromatic rings. The van der Waals surface area contributed by atoms with Crippen molar-refractivity contribution in [2.75, 3.05) is 25.0 Å². The summed E-state index contributed by atoms with van der Waals surface area (Å²) in [5.74, 6) is -3.37. The summed E-state index contributed by atoms with van der Waals surface area (Å²) in [5, 5.41) is 5.73. The Balaban J connectivity index is 1.90. The molecule has 10 heteroatoms. The number of hydrogen-bond acceptors (Lipinski definition) is 3. The summed E-state index contributed by atoms with van der Waals surface area (Å²) < 4.78 is 26.6. The van der Waals surface area contributed by atoms with Gasteiger partial charge in [-0.3, -0.25) is 14.4 Å². The van der Waals surface area contributed by atoms with Gasteiger partial charge in [-0.2, -0.15) is 0 Å². The van der Waals surface area contributed by atoms with E-state index in [-0.39, 0.29) is 31.0 Å². The summed E-state index contributed by atoms with van der Waals surface area (Å²) >= 11 is 11.9. The third-order valence-corrected chi connectivity index (χ3v) is 4.75. The van der Waals surface area contributed by atoms with E-state index in [0.29, 0.717) is 34.8 Å². The van der Waals surface area contributed by atoms with Crippen molar-refractivity contribution < 1.29 is 23.2 Å². The lowest BCUT2D eigenvalue weighted by molar-refractivity contribution is -0.134. The lowest BCUT2D eigenvalue weighted by Crippen LogP contribution is -2.40. The molecule has 3 amide bonds. The zero-order valence-electron chi connectivity index (χ0n) is 16.7. The Labute approximate surface area is 188 Å². The van der Waals surface area contributed by atoms with Crippen LogP contribution in [-0.2, 0) is 9.59 Å². The monoisotopic (exact) mass is 471 g/mol. The molecule has 2 N–H and O–H groups in total. The first-order valence-electron chi connectivity index (χ1n) is 9.47. The van der Waals surface area contributed by atoms with E-state index in [1.54, 1.807) is 12.1 Å². The number of amides is 3. The predicted octanol–water partition coefficient (Wildman–Crippen LogP) is 4.27. The van der Waals surface area contributed by atoms with Crippen molar-refractivity contribution in [2.24, 2.45) is 0 Å². The first-order chi connectivity index (χ1) is 14.7. The summed E-state index contributed by atoms with van der Waals surface area (Å²) in [4.78, 5) is 38.2. The van der Waals surface area contributed by atoms with E-state index in [2.05, 4.69) is 10.6 Å². The first kappa shape index (κ1) is 24.6. The molecule has 0 aliphatic rings. The van der Waals surface area contributed by atoms with Crippen LogP contribution in [0.2, 0.25) is 10.0 Å². The van der Waals surface area contributed by atoms with Gasteiger partial charge in [-0.05, 0) is 36.8 Å². The normalized spacial score (nSPS) is 10.5. The maximum Gasteiger partial charge on any atom is 0.254 e. The molecule has 0 bridgehead atoms. The summed E-state index contributed by atoms with van der Waals surface area (Å²) in [5.41, 5.74) is 0.00805. The number of nitrogens with one attached hydrogen (secondary N) is 2. The molecule has 0 aliphatic heterocycles. The average molecular weight is 472 g/mol. The molecular weight excluding hydrogens is 451 g/mol. The quantitative estimate of drug-likeness (QED) is 0.573. The minimum Gasteiger partial charge on any atom is -0.351 e. The molecule has 0 saturated heterocycles. The second kappa shape index (κ2) is 11.6. The fraction of sp³-hybridized carbons (Fsp3) is 0.286. The van der Waals surface area contributed by atoms with Gasteiger partial charge in [0.2, 0.25) is 11.8 Å². The molecule has 0 fully saturated rings. The number of carbonyl (C=O) groups excluding carboxylic acids is 3. The first-order valence-corrected chi connectivity index (χ1v) is 10.2.